The summed E-state index contributed by atoms with van der Waals surface area (Å²) in [6.07, 6.45) is -1.77. The summed E-state index contributed by atoms with van der Waals surface area (Å²) in [5.41, 5.74) is 10.7. The third-order valence-corrected chi connectivity index (χ3v) is 2.65. The molecule has 1 unspecified atom stereocenters. The molecule has 108 valence electrons. The van der Waals surface area contributed by atoms with Crippen molar-refractivity contribution in [3.8, 4) is 0 Å². The summed E-state index contributed by atoms with van der Waals surface area (Å²) in [5.74, 6) is 0. The number of carbonyl (C=O) groups is 1. The van der Waals surface area contributed by atoms with E-state index < -0.39 is 30.6 Å². The Hall–Kier alpha value is -1.61. The van der Waals surface area contributed by atoms with Gasteiger partial charge in [-0.25, -0.2) is 4.79 Å². The highest BCUT2D eigenvalue weighted by atomic mass is 16.6. The van der Waals surface area contributed by atoms with Gasteiger partial charge < -0.3 is 31.2 Å². The molecule has 1 fully saturated rings. The average Bonchev–Trinajstić information content (AvgIpc) is 2.58. The summed E-state index contributed by atoms with van der Waals surface area (Å²) in [5, 5.41) is 19.6. The van der Waals surface area contributed by atoms with Crippen molar-refractivity contribution in [3.63, 3.8) is 0 Å². The number of hydrogen-bond donors (Lipinski definition) is 4. The van der Waals surface area contributed by atoms with Crippen LogP contribution in [0.2, 0.25) is 0 Å². The first-order valence-corrected chi connectivity index (χ1v) is 5.59. The molecule has 0 aromatic heterocycles. The van der Waals surface area contributed by atoms with Gasteiger partial charge in [0.15, 0.2) is 6.23 Å². The minimum absolute atomic E-state index is 0.0780. The van der Waals surface area contributed by atoms with Gasteiger partial charge in [-0.2, -0.15) is 0 Å². The second-order valence-electron chi connectivity index (χ2n) is 4.14. The molecule has 1 aliphatic rings. The molecule has 0 aromatic rings. The number of hydrogen-bond acceptors (Lipinski definition) is 6. The molecule has 8 heteroatoms. The zero-order chi connectivity index (χ0) is 14.6. The van der Waals surface area contributed by atoms with Crippen molar-refractivity contribution in [1.82, 2.24) is 4.90 Å². The summed E-state index contributed by atoms with van der Waals surface area (Å²) in [7, 11) is 1.43. The summed E-state index contributed by atoms with van der Waals surface area (Å²) in [4.78, 5) is 12.3. The van der Waals surface area contributed by atoms with E-state index in [4.69, 9.17) is 20.9 Å². The first-order valence-electron chi connectivity index (χ1n) is 5.59. The molecule has 0 aliphatic carbocycles. The molecule has 0 aromatic carbocycles. The van der Waals surface area contributed by atoms with Gasteiger partial charge in [-0.3, -0.25) is 4.90 Å². The molecule has 19 heavy (non-hydrogen) atoms. The van der Waals surface area contributed by atoms with Gasteiger partial charge in [-0.05, 0) is 6.08 Å². The molecule has 1 rings (SSSR count). The lowest BCUT2D eigenvalue weighted by Crippen LogP contribution is -2.46. The molecule has 1 heterocycles. The fourth-order valence-electron chi connectivity index (χ4n) is 1.72. The van der Waals surface area contributed by atoms with Gasteiger partial charge in [0.2, 0.25) is 0 Å². The quantitative estimate of drug-likeness (QED) is 0.448. The van der Waals surface area contributed by atoms with Crippen molar-refractivity contribution in [2.45, 2.75) is 24.5 Å². The Morgan fingerprint density at radius 3 is 2.58 bits per heavy atom. The molecule has 0 spiro atoms. The zero-order valence-electron chi connectivity index (χ0n) is 10.6. The fourth-order valence-corrected chi connectivity index (χ4v) is 1.72. The topological polar surface area (TPSA) is 131 Å². The highest BCUT2D eigenvalue weighted by Crippen LogP contribution is 2.24. The molecular formula is C11H19N3O5. The Morgan fingerprint density at radius 1 is 1.47 bits per heavy atom. The van der Waals surface area contributed by atoms with Crippen LogP contribution in [-0.2, 0) is 9.47 Å². The summed E-state index contributed by atoms with van der Waals surface area (Å²) < 4.78 is 10.2. The van der Waals surface area contributed by atoms with Crippen molar-refractivity contribution in [3.05, 3.63) is 24.6 Å². The maximum atomic E-state index is 11.3. The molecule has 0 bridgehead atoms. The molecule has 2 amide bonds. The Balaban J connectivity index is 2.85. The van der Waals surface area contributed by atoms with E-state index in [1.807, 2.05) is 0 Å². The van der Waals surface area contributed by atoms with Gasteiger partial charge in [0.05, 0.1) is 6.61 Å². The summed E-state index contributed by atoms with van der Waals surface area (Å²) >= 11 is 0. The van der Waals surface area contributed by atoms with E-state index in [2.05, 4.69) is 6.58 Å². The van der Waals surface area contributed by atoms with E-state index in [-0.39, 0.29) is 12.3 Å². The zero-order valence-corrected chi connectivity index (χ0v) is 10.6. The molecule has 0 saturated carbocycles. The van der Waals surface area contributed by atoms with Crippen molar-refractivity contribution in [2.24, 2.45) is 11.5 Å². The average molecular weight is 273 g/mol. The van der Waals surface area contributed by atoms with E-state index in [0.717, 1.165) is 4.90 Å². The minimum Gasteiger partial charge on any atom is -0.399 e. The van der Waals surface area contributed by atoms with Crippen LogP contribution in [0.5, 0.6) is 0 Å². The number of rotatable bonds is 5. The molecule has 1 aliphatic heterocycles. The third kappa shape index (κ3) is 3.67. The van der Waals surface area contributed by atoms with Crippen molar-refractivity contribution >= 4 is 6.03 Å². The van der Waals surface area contributed by atoms with Crippen LogP contribution in [0.4, 0.5) is 4.79 Å². The van der Waals surface area contributed by atoms with Crippen LogP contribution in [0.1, 0.15) is 0 Å². The normalized spacial score (nSPS) is 30.7. The maximum Gasteiger partial charge on any atom is 0.321 e. The van der Waals surface area contributed by atoms with E-state index in [1.165, 1.54) is 19.4 Å². The number of aliphatic hydroxyl groups is 2. The number of primary amides is 1. The fraction of sp³-hybridized carbons (Fsp3) is 0.545. The summed E-state index contributed by atoms with van der Waals surface area (Å²) in [6, 6.07) is -0.855. The number of aliphatic hydroxyl groups excluding tert-OH is 2. The Kier molecular flexibility index (Phi) is 5.31. The number of methoxy groups -OCH3 is 1. The lowest BCUT2D eigenvalue weighted by atomic mass is 10.1. The van der Waals surface area contributed by atoms with E-state index >= 15 is 0 Å². The van der Waals surface area contributed by atoms with Crippen molar-refractivity contribution in [2.75, 3.05) is 13.7 Å². The summed E-state index contributed by atoms with van der Waals surface area (Å²) in [6.45, 7) is 3.51. The second kappa shape index (κ2) is 6.53. The van der Waals surface area contributed by atoms with Crippen LogP contribution >= 0.6 is 0 Å². The predicted octanol–water partition coefficient (Wildman–Crippen LogP) is -1.55. The lowest BCUT2D eigenvalue weighted by Gasteiger charge is -2.25. The van der Waals surface area contributed by atoms with Gasteiger partial charge in [0.25, 0.3) is 0 Å². The van der Waals surface area contributed by atoms with E-state index in [1.54, 1.807) is 0 Å². The van der Waals surface area contributed by atoms with Gasteiger partial charge in [-0.1, -0.05) is 6.58 Å². The number of amides is 2. The largest absolute Gasteiger partial charge is 0.399 e. The van der Waals surface area contributed by atoms with Gasteiger partial charge in [0, 0.05) is 19.0 Å². The highest BCUT2D eigenvalue weighted by molar-refractivity contribution is 5.73. The SMILES string of the molecule is C=C(N)/C=C\N(C(N)=O)[C@@H]1OC(COC)[C@@H](O)[C@H]1O. The Bertz CT molecular complexity index is 373. The second-order valence-corrected chi connectivity index (χ2v) is 4.14. The molecular weight excluding hydrogens is 254 g/mol. The van der Waals surface area contributed by atoms with Crippen LogP contribution in [0.25, 0.3) is 0 Å². The van der Waals surface area contributed by atoms with Crippen LogP contribution < -0.4 is 11.5 Å². The number of carbonyl (C=O) groups excluding carboxylic acids is 1. The lowest BCUT2D eigenvalue weighted by molar-refractivity contribution is -0.0691. The van der Waals surface area contributed by atoms with Crippen LogP contribution in [-0.4, -0.2) is 59.4 Å². The minimum atomic E-state index is -1.30. The van der Waals surface area contributed by atoms with Crippen molar-refractivity contribution in [1.29, 1.82) is 0 Å². The first-order chi connectivity index (χ1) is 8.88. The first kappa shape index (κ1) is 15.4. The number of allylic oxidation sites excluding steroid dienone is 1. The Morgan fingerprint density at radius 2 is 2.11 bits per heavy atom. The van der Waals surface area contributed by atoms with Gasteiger partial charge in [0.1, 0.15) is 18.3 Å². The predicted molar refractivity (Wildman–Crippen MR) is 66.4 cm³/mol. The maximum absolute atomic E-state index is 11.3. The molecule has 8 nitrogen and oxygen atoms in total. The number of nitrogens with zero attached hydrogens (tertiary/aromatic N) is 1. The molecule has 4 atom stereocenters. The number of nitrogens with two attached hydrogens (primary N) is 2. The van der Waals surface area contributed by atoms with E-state index in [0.29, 0.717) is 0 Å². The highest BCUT2D eigenvalue weighted by Gasteiger charge is 2.46. The molecule has 1 saturated heterocycles. The third-order valence-electron chi connectivity index (χ3n) is 2.65. The van der Waals surface area contributed by atoms with Gasteiger partial charge in [-0.15, -0.1) is 0 Å². The number of ether oxygens (including phenoxy) is 2. The monoisotopic (exact) mass is 273 g/mol. The smallest absolute Gasteiger partial charge is 0.321 e. The van der Waals surface area contributed by atoms with Crippen molar-refractivity contribution < 1.29 is 24.5 Å². The van der Waals surface area contributed by atoms with Crippen LogP contribution in [0.15, 0.2) is 24.6 Å². The van der Waals surface area contributed by atoms with Crippen LogP contribution in [0, 0.1) is 0 Å². The number of urea groups is 1. The molecule has 6 N–H and O–H groups in total. The Labute approximate surface area is 110 Å². The van der Waals surface area contributed by atoms with Gasteiger partial charge >= 0.3 is 6.03 Å². The van der Waals surface area contributed by atoms with Crippen LogP contribution in [0.3, 0.4) is 0 Å². The van der Waals surface area contributed by atoms with E-state index in [9.17, 15) is 15.0 Å². The molecule has 0 radical (unpaired) electrons. The standard InChI is InChI=1S/C11H19N3O5/c1-6(12)3-4-14(11(13)17)10-9(16)8(15)7(19-10)5-18-2/h3-4,7-10,15-16H,1,5,12H2,2H3,(H2,13,17)/b4-3-/t7?,8-,9-,10-/m1/s1.